The van der Waals surface area contributed by atoms with Crippen LogP contribution in [0.5, 0.6) is 0 Å². The Morgan fingerprint density at radius 3 is 2.13 bits per heavy atom. The normalized spacial score (nSPS) is 19.6. The molecule has 0 radical (unpaired) electrons. The molecule has 0 N–H and O–H groups in total. The van der Waals surface area contributed by atoms with Gasteiger partial charge in [-0.05, 0) is 42.9 Å². The molecule has 1 aliphatic carbocycles. The van der Waals surface area contributed by atoms with E-state index in [2.05, 4.69) is 26.0 Å². The number of benzene rings is 1. The first kappa shape index (κ1) is 16.0. The Morgan fingerprint density at radius 1 is 1.04 bits per heavy atom. The van der Waals surface area contributed by atoms with Crippen molar-refractivity contribution in [1.82, 2.24) is 9.80 Å². The van der Waals surface area contributed by atoms with Gasteiger partial charge in [-0.1, -0.05) is 26.0 Å². The second-order valence-corrected chi connectivity index (χ2v) is 6.82. The second-order valence-electron chi connectivity index (χ2n) is 6.82. The summed E-state index contributed by atoms with van der Waals surface area (Å²) < 4.78 is 0. The van der Waals surface area contributed by atoms with Crippen molar-refractivity contribution in [1.29, 1.82) is 0 Å². The summed E-state index contributed by atoms with van der Waals surface area (Å²) in [5.41, 5.74) is 2.03. The summed E-state index contributed by atoms with van der Waals surface area (Å²) in [7, 11) is 0. The number of amides is 2. The molecule has 3 rings (SSSR count). The van der Waals surface area contributed by atoms with Crippen LogP contribution in [0.4, 0.5) is 0 Å². The molecule has 1 atom stereocenters. The van der Waals surface area contributed by atoms with E-state index < -0.39 is 0 Å². The van der Waals surface area contributed by atoms with Crippen LogP contribution in [0.3, 0.4) is 0 Å². The van der Waals surface area contributed by atoms with Crippen molar-refractivity contribution in [3.05, 3.63) is 35.4 Å². The zero-order valence-electron chi connectivity index (χ0n) is 14.1. The molecule has 2 fully saturated rings. The first-order valence-electron chi connectivity index (χ1n) is 8.78. The molecule has 124 valence electrons. The fraction of sp³-hybridized carbons (Fsp3) is 0.579. The molecule has 2 amide bonds. The Balaban J connectivity index is 1.57. The lowest BCUT2D eigenvalue weighted by Crippen LogP contribution is -2.51. The maximum absolute atomic E-state index is 12.6. The summed E-state index contributed by atoms with van der Waals surface area (Å²) in [6, 6.07) is 8.00. The van der Waals surface area contributed by atoms with Gasteiger partial charge in [0.05, 0.1) is 0 Å². The average Bonchev–Trinajstić information content (AvgIpc) is 3.45. The average molecular weight is 314 g/mol. The quantitative estimate of drug-likeness (QED) is 0.857. The molecular weight excluding hydrogens is 288 g/mol. The van der Waals surface area contributed by atoms with E-state index in [1.165, 1.54) is 5.56 Å². The Bertz CT molecular complexity index is 570. The Hall–Kier alpha value is -1.84. The summed E-state index contributed by atoms with van der Waals surface area (Å²) in [5, 5.41) is 0. The molecule has 1 aromatic rings. The summed E-state index contributed by atoms with van der Waals surface area (Å²) in [5.74, 6) is 1.16. The van der Waals surface area contributed by atoms with Gasteiger partial charge in [-0.25, -0.2) is 0 Å². The van der Waals surface area contributed by atoms with E-state index in [-0.39, 0.29) is 17.7 Å². The number of carbonyl (C=O) groups is 2. The Labute approximate surface area is 138 Å². The number of piperazine rings is 1. The van der Waals surface area contributed by atoms with Crippen LogP contribution in [-0.2, 0) is 4.79 Å². The second kappa shape index (κ2) is 6.73. The maximum Gasteiger partial charge on any atom is 0.253 e. The fourth-order valence-electron chi connectivity index (χ4n) is 3.09. The number of hydrogen-bond acceptors (Lipinski definition) is 2. The number of nitrogens with zero attached hydrogens (tertiary/aromatic N) is 2. The van der Waals surface area contributed by atoms with E-state index in [4.69, 9.17) is 0 Å². The number of carbonyl (C=O) groups excluding carboxylic acids is 2. The van der Waals surface area contributed by atoms with E-state index in [0.717, 1.165) is 24.8 Å². The van der Waals surface area contributed by atoms with Gasteiger partial charge in [-0.2, -0.15) is 0 Å². The molecule has 0 aromatic heterocycles. The lowest BCUT2D eigenvalue weighted by molar-refractivity contribution is -0.134. The number of hydrogen-bond donors (Lipinski definition) is 0. The Morgan fingerprint density at radius 2 is 1.61 bits per heavy atom. The van der Waals surface area contributed by atoms with Crippen LogP contribution in [0.2, 0.25) is 0 Å². The summed E-state index contributed by atoms with van der Waals surface area (Å²) >= 11 is 0. The van der Waals surface area contributed by atoms with Crippen molar-refractivity contribution in [3.8, 4) is 0 Å². The minimum atomic E-state index is 0.0826. The molecule has 0 spiro atoms. The van der Waals surface area contributed by atoms with E-state index in [0.29, 0.717) is 32.1 Å². The minimum Gasteiger partial charge on any atom is -0.339 e. The highest BCUT2D eigenvalue weighted by molar-refractivity contribution is 5.94. The molecule has 1 unspecified atom stereocenters. The van der Waals surface area contributed by atoms with Crippen molar-refractivity contribution < 1.29 is 9.59 Å². The molecule has 4 heteroatoms. The first-order valence-corrected chi connectivity index (χ1v) is 8.78. The zero-order valence-corrected chi connectivity index (χ0v) is 14.1. The topological polar surface area (TPSA) is 40.6 Å². The van der Waals surface area contributed by atoms with Crippen molar-refractivity contribution in [2.24, 2.45) is 5.92 Å². The van der Waals surface area contributed by atoms with Crippen LogP contribution in [0, 0.1) is 5.92 Å². The van der Waals surface area contributed by atoms with E-state index in [1.807, 2.05) is 21.9 Å². The third-order valence-electron chi connectivity index (χ3n) is 5.14. The highest BCUT2D eigenvalue weighted by atomic mass is 16.2. The lowest BCUT2D eigenvalue weighted by Gasteiger charge is -2.35. The maximum atomic E-state index is 12.6. The summed E-state index contributed by atoms with van der Waals surface area (Å²) in [4.78, 5) is 28.4. The summed E-state index contributed by atoms with van der Waals surface area (Å²) in [6.07, 6.45) is 3.19. The van der Waals surface area contributed by atoms with Gasteiger partial charge in [0.2, 0.25) is 5.91 Å². The molecule has 23 heavy (non-hydrogen) atoms. The van der Waals surface area contributed by atoms with Gasteiger partial charge >= 0.3 is 0 Å². The van der Waals surface area contributed by atoms with Crippen LogP contribution < -0.4 is 0 Å². The Kier molecular flexibility index (Phi) is 4.69. The van der Waals surface area contributed by atoms with Crippen LogP contribution in [0.15, 0.2) is 24.3 Å². The molecular formula is C19H26N2O2. The van der Waals surface area contributed by atoms with Gasteiger partial charge in [-0.15, -0.1) is 0 Å². The van der Waals surface area contributed by atoms with E-state index >= 15 is 0 Å². The van der Waals surface area contributed by atoms with Crippen molar-refractivity contribution in [2.45, 2.75) is 39.0 Å². The highest BCUT2D eigenvalue weighted by Crippen LogP contribution is 2.31. The van der Waals surface area contributed by atoms with E-state index in [9.17, 15) is 9.59 Å². The van der Waals surface area contributed by atoms with Gasteiger partial charge in [0.1, 0.15) is 0 Å². The monoisotopic (exact) mass is 314 g/mol. The molecule has 2 aliphatic rings. The van der Waals surface area contributed by atoms with Crippen molar-refractivity contribution in [3.63, 3.8) is 0 Å². The van der Waals surface area contributed by atoms with E-state index in [1.54, 1.807) is 0 Å². The zero-order chi connectivity index (χ0) is 16.4. The van der Waals surface area contributed by atoms with Crippen LogP contribution >= 0.6 is 0 Å². The van der Waals surface area contributed by atoms with Crippen LogP contribution in [0.1, 0.15) is 54.9 Å². The standard InChI is InChI=1S/C19H26N2O2/c1-3-14(2)15-4-6-16(7-5-15)18(22)20-10-12-21(13-11-20)19(23)17-8-9-17/h4-7,14,17H,3,8-13H2,1-2H3. The molecule has 1 heterocycles. The van der Waals surface area contributed by atoms with Gasteiger partial charge in [-0.3, -0.25) is 9.59 Å². The lowest BCUT2D eigenvalue weighted by atomic mass is 9.97. The molecule has 0 bridgehead atoms. The molecule has 1 aromatic carbocycles. The fourth-order valence-corrected chi connectivity index (χ4v) is 3.09. The molecule has 4 nitrogen and oxygen atoms in total. The third-order valence-corrected chi connectivity index (χ3v) is 5.14. The van der Waals surface area contributed by atoms with Gasteiger partial charge in [0.25, 0.3) is 5.91 Å². The smallest absolute Gasteiger partial charge is 0.253 e. The highest BCUT2D eigenvalue weighted by Gasteiger charge is 2.35. The van der Waals surface area contributed by atoms with Crippen LogP contribution in [-0.4, -0.2) is 47.8 Å². The van der Waals surface area contributed by atoms with Gasteiger partial charge < -0.3 is 9.80 Å². The minimum absolute atomic E-state index is 0.0826. The van der Waals surface area contributed by atoms with Gasteiger partial charge in [0, 0.05) is 37.7 Å². The van der Waals surface area contributed by atoms with Gasteiger partial charge in [0.15, 0.2) is 0 Å². The molecule has 1 aliphatic heterocycles. The predicted molar refractivity (Wildman–Crippen MR) is 90.4 cm³/mol. The van der Waals surface area contributed by atoms with Crippen molar-refractivity contribution >= 4 is 11.8 Å². The molecule has 1 saturated heterocycles. The predicted octanol–water partition coefficient (Wildman–Crippen LogP) is 2.89. The number of rotatable bonds is 4. The largest absolute Gasteiger partial charge is 0.339 e. The van der Waals surface area contributed by atoms with Crippen LogP contribution in [0.25, 0.3) is 0 Å². The summed E-state index contributed by atoms with van der Waals surface area (Å²) in [6.45, 7) is 7.01. The SMILES string of the molecule is CCC(C)c1ccc(C(=O)N2CCN(C(=O)C3CC3)CC2)cc1. The molecule has 1 saturated carbocycles. The first-order chi connectivity index (χ1) is 11.1. The van der Waals surface area contributed by atoms with Crippen molar-refractivity contribution in [2.75, 3.05) is 26.2 Å². The third kappa shape index (κ3) is 3.57.